The van der Waals surface area contributed by atoms with Crippen LogP contribution in [0.1, 0.15) is 43.9 Å². The van der Waals surface area contributed by atoms with E-state index in [4.69, 9.17) is 0 Å². The molecule has 0 radical (unpaired) electrons. The first-order valence-electron chi connectivity index (χ1n) is 7.09. The molecule has 3 unspecified atom stereocenters. The van der Waals surface area contributed by atoms with Crippen LogP contribution in [0.3, 0.4) is 0 Å². The highest BCUT2D eigenvalue weighted by atomic mass is 16.4. The number of hydrogen-bond acceptors (Lipinski definition) is 2. The molecule has 1 saturated heterocycles. The predicted molar refractivity (Wildman–Crippen MR) is 76.1 cm³/mol. The minimum absolute atomic E-state index is 0.115. The van der Waals surface area contributed by atoms with E-state index in [1.54, 1.807) is 0 Å². The average Bonchev–Trinajstić information content (AvgIpc) is 2.75. The molecule has 1 heterocycles. The van der Waals surface area contributed by atoms with Crippen LogP contribution in [-0.4, -0.2) is 28.6 Å². The fraction of sp³-hybridized carbons (Fsp3) is 0.562. The molecule has 0 bridgehead atoms. The van der Waals surface area contributed by atoms with Crippen LogP contribution in [0.2, 0.25) is 0 Å². The molecule has 2 rings (SSSR count). The van der Waals surface area contributed by atoms with Gasteiger partial charge in [0.2, 0.25) is 0 Å². The summed E-state index contributed by atoms with van der Waals surface area (Å²) < 4.78 is 0. The van der Waals surface area contributed by atoms with Crippen LogP contribution in [0.25, 0.3) is 0 Å². The van der Waals surface area contributed by atoms with Crippen molar-refractivity contribution in [2.75, 3.05) is 6.54 Å². The molecule has 19 heavy (non-hydrogen) atoms. The second-order valence-electron chi connectivity index (χ2n) is 5.55. The Labute approximate surface area is 115 Å². The number of carboxylic acids is 1. The van der Waals surface area contributed by atoms with E-state index in [2.05, 4.69) is 43.0 Å². The molecule has 0 saturated carbocycles. The van der Waals surface area contributed by atoms with E-state index >= 15 is 0 Å². The number of aryl methyl sites for hydroxylation is 1. The van der Waals surface area contributed by atoms with Gasteiger partial charge in [-0.2, -0.15) is 0 Å². The Morgan fingerprint density at radius 1 is 1.42 bits per heavy atom. The zero-order valence-electron chi connectivity index (χ0n) is 12.0. The van der Waals surface area contributed by atoms with Gasteiger partial charge < -0.3 is 5.11 Å². The number of aliphatic carboxylic acids is 1. The summed E-state index contributed by atoms with van der Waals surface area (Å²) in [5, 5.41) is 9.24. The van der Waals surface area contributed by atoms with Gasteiger partial charge in [0.1, 0.15) is 0 Å². The molecule has 0 aromatic heterocycles. The highest BCUT2D eigenvalue weighted by molar-refractivity contribution is 5.71. The molecule has 0 aliphatic carbocycles. The van der Waals surface area contributed by atoms with Gasteiger partial charge in [-0.05, 0) is 38.8 Å². The molecule has 1 aliphatic rings. The topological polar surface area (TPSA) is 40.5 Å². The van der Waals surface area contributed by atoms with Crippen LogP contribution < -0.4 is 0 Å². The molecular formula is C16H23NO2. The molecule has 1 N–H and O–H groups in total. The Bertz CT molecular complexity index is 441. The molecule has 104 valence electrons. The minimum Gasteiger partial charge on any atom is -0.481 e. The monoisotopic (exact) mass is 261 g/mol. The maximum atomic E-state index is 11.2. The molecule has 0 spiro atoms. The highest BCUT2D eigenvalue weighted by Crippen LogP contribution is 2.34. The summed E-state index contributed by atoms with van der Waals surface area (Å²) in [7, 11) is 0. The van der Waals surface area contributed by atoms with Crippen LogP contribution >= 0.6 is 0 Å². The maximum absolute atomic E-state index is 11.2. The number of rotatable bonds is 4. The highest BCUT2D eigenvalue weighted by Gasteiger charge is 2.38. The lowest BCUT2D eigenvalue weighted by Crippen LogP contribution is -2.35. The first-order valence-corrected chi connectivity index (χ1v) is 7.09. The van der Waals surface area contributed by atoms with E-state index in [0.717, 1.165) is 19.4 Å². The molecule has 3 nitrogen and oxygen atoms in total. The van der Waals surface area contributed by atoms with Crippen LogP contribution in [0.15, 0.2) is 24.3 Å². The van der Waals surface area contributed by atoms with Crippen molar-refractivity contribution in [3.8, 4) is 0 Å². The number of hydrogen-bond donors (Lipinski definition) is 1. The molecular weight excluding hydrogens is 238 g/mol. The maximum Gasteiger partial charge on any atom is 0.308 e. The van der Waals surface area contributed by atoms with Gasteiger partial charge in [-0.1, -0.05) is 36.8 Å². The second kappa shape index (κ2) is 5.74. The minimum atomic E-state index is -0.659. The second-order valence-corrected chi connectivity index (χ2v) is 5.55. The van der Waals surface area contributed by atoms with E-state index in [1.165, 1.54) is 11.1 Å². The molecule has 1 aliphatic heterocycles. The predicted octanol–water partition coefficient (Wildman–Crippen LogP) is 3.24. The number of likely N-dealkylation sites (tertiary alicyclic amines) is 1. The summed E-state index contributed by atoms with van der Waals surface area (Å²) in [5.41, 5.74) is 2.56. The Morgan fingerprint density at radius 2 is 2.05 bits per heavy atom. The standard InChI is InChI=1S/C16H23NO2/c1-4-15(13-7-5-11(2)6-8-13)17-10-9-14(12(17)3)16(18)19/h5-8,12,14-15H,4,9-10H2,1-3H3,(H,18,19). The van der Waals surface area contributed by atoms with E-state index in [9.17, 15) is 9.90 Å². The third kappa shape index (κ3) is 2.81. The number of nitrogens with zero attached hydrogens (tertiary/aromatic N) is 1. The normalized spacial score (nSPS) is 25.4. The van der Waals surface area contributed by atoms with Gasteiger partial charge >= 0.3 is 5.97 Å². The lowest BCUT2D eigenvalue weighted by Gasteiger charge is -2.32. The smallest absolute Gasteiger partial charge is 0.308 e. The van der Waals surface area contributed by atoms with E-state index in [1.807, 2.05) is 6.92 Å². The Morgan fingerprint density at radius 3 is 2.53 bits per heavy atom. The Kier molecular flexibility index (Phi) is 4.25. The van der Waals surface area contributed by atoms with Crippen LogP contribution in [0.4, 0.5) is 0 Å². The van der Waals surface area contributed by atoms with Crippen molar-refractivity contribution in [1.29, 1.82) is 0 Å². The van der Waals surface area contributed by atoms with Gasteiger partial charge in [-0.15, -0.1) is 0 Å². The van der Waals surface area contributed by atoms with Gasteiger partial charge in [0, 0.05) is 12.1 Å². The zero-order chi connectivity index (χ0) is 14.0. The number of carboxylic acid groups (broad SMARTS) is 1. The summed E-state index contributed by atoms with van der Waals surface area (Å²) in [4.78, 5) is 13.6. The van der Waals surface area contributed by atoms with E-state index in [0.29, 0.717) is 6.04 Å². The molecule has 1 fully saturated rings. The van der Waals surface area contributed by atoms with Crippen molar-refractivity contribution in [3.63, 3.8) is 0 Å². The molecule has 0 amide bonds. The summed E-state index contributed by atoms with van der Waals surface area (Å²) >= 11 is 0. The molecule has 3 atom stereocenters. The van der Waals surface area contributed by atoms with Crippen LogP contribution in [-0.2, 0) is 4.79 Å². The van der Waals surface area contributed by atoms with Crippen molar-refractivity contribution < 1.29 is 9.90 Å². The number of carbonyl (C=O) groups is 1. The van der Waals surface area contributed by atoms with Gasteiger partial charge in [-0.25, -0.2) is 0 Å². The molecule has 1 aromatic carbocycles. The third-order valence-electron chi connectivity index (χ3n) is 4.37. The van der Waals surface area contributed by atoms with E-state index < -0.39 is 5.97 Å². The van der Waals surface area contributed by atoms with Crippen molar-refractivity contribution in [3.05, 3.63) is 35.4 Å². The zero-order valence-corrected chi connectivity index (χ0v) is 12.0. The van der Waals surface area contributed by atoms with Gasteiger partial charge in [0.15, 0.2) is 0 Å². The van der Waals surface area contributed by atoms with Gasteiger partial charge in [0.25, 0.3) is 0 Å². The number of benzene rings is 1. The van der Waals surface area contributed by atoms with Gasteiger partial charge in [0.05, 0.1) is 5.92 Å². The lowest BCUT2D eigenvalue weighted by molar-refractivity contribution is -0.142. The summed E-state index contributed by atoms with van der Waals surface area (Å²) in [6.45, 7) is 7.18. The van der Waals surface area contributed by atoms with Crippen molar-refractivity contribution in [2.24, 2.45) is 5.92 Å². The molecule has 1 aromatic rings. The summed E-state index contributed by atoms with van der Waals surface area (Å²) in [6.07, 6.45) is 1.78. The SMILES string of the molecule is CCC(c1ccc(C)cc1)N1CCC(C(=O)O)C1C. The average molecular weight is 261 g/mol. The van der Waals surface area contributed by atoms with Crippen molar-refractivity contribution in [2.45, 2.75) is 45.7 Å². The lowest BCUT2D eigenvalue weighted by atomic mass is 9.98. The first-order chi connectivity index (χ1) is 9.04. The van der Waals surface area contributed by atoms with Crippen LogP contribution in [0, 0.1) is 12.8 Å². The van der Waals surface area contributed by atoms with Crippen molar-refractivity contribution >= 4 is 5.97 Å². The van der Waals surface area contributed by atoms with Crippen LogP contribution in [0.5, 0.6) is 0 Å². The largest absolute Gasteiger partial charge is 0.481 e. The Hall–Kier alpha value is -1.35. The van der Waals surface area contributed by atoms with Gasteiger partial charge in [-0.3, -0.25) is 9.69 Å². The Balaban J connectivity index is 2.19. The van der Waals surface area contributed by atoms with Crippen molar-refractivity contribution in [1.82, 2.24) is 4.90 Å². The van der Waals surface area contributed by atoms with E-state index in [-0.39, 0.29) is 12.0 Å². The fourth-order valence-corrected chi connectivity index (χ4v) is 3.18. The third-order valence-corrected chi connectivity index (χ3v) is 4.37. The summed E-state index contributed by atoms with van der Waals surface area (Å²) in [6, 6.07) is 9.05. The summed E-state index contributed by atoms with van der Waals surface area (Å²) in [5.74, 6) is -0.881. The quantitative estimate of drug-likeness (QED) is 0.904. The fourth-order valence-electron chi connectivity index (χ4n) is 3.18. The first kappa shape index (κ1) is 14.1. The molecule has 3 heteroatoms.